The zero-order chi connectivity index (χ0) is 25.4. The standard InChI is InChI=1S/C23H20F6N2O4/c24-22(25,26)21(33)34-19-15(17-10-18(17)30-11-12-4-5-12)2-1-3-16(19)20(32)31-13-6-8-14(9-7-13)35-23(27,28)29/h1-3,6-9,12,17-18,30H,4-5,10-11H2,(H,31,32). The van der Waals surface area contributed by atoms with E-state index in [-0.39, 0.29) is 28.8 Å². The molecule has 2 fully saturated rings. The fraction of sp³-hybridized carbons (Fsp3) is 0.391. The molecule has 1 amide bonds. The van der Waals surface area contributed by atoms with Gasteiger partial charge in [-0.15, -0.1) is 13.2 Å². The Labute approximate surface area is 195 Å². The highest BCUT2D eigenvalue weighted by Crippen LogP contribution is 2.47. The number of hydrogen-bond donors (Lipinski definition) is 2. The number of alkyl halides is 6. The van der Waals surface area contributed by atoms with E-state index in [1.54, 1.807) is 0 Å². The van der Waals surface area contributed by atoms with Gasteiger partial charge in [0.25, 0.3) is 5.91 Å². The molecule has 0 radical (unpaired) electrons. The highest BCUT2D eigenvalue weighted by molar-refractivity contribution is 6.07. The number of para-hydroxylation sites is 1. The van der Waals surface area contributed by atoms with Gasteiger partial charge in [-0.25, -0.2) is 4.79 Å². The van der Waals surface area contributed by atoms with E-state index in [9.17, 15) is 35.9 Å². The molecule has 2 unspecified atom stereocenters. The van der Waals surface area contributed by atoms with Gasteiger partial charge < -0.3 is 20.1 Å². The minimum atomic E-state index is -5.28. The number of anilines is 1. The summed E-state index contributed by atoms with van der Waals surface area (Å²) in [6.45, 7) is 0.785. The summed E-state index contributed by atoms with van der Waals surface area (Å²) in [5.74, 6) is -4.03. The average Bonchev–Trinajstić information content (AvgIpc) is 3.67. The van der Waals surface area contributed by atoms with Gasteiger partial charge in [-0.1, -0.05) is 12.1 Å². The van der Waals surface area contributed by atoms with Gasteiger partial charge >= 0.3 is 18.5 Å². The molecule has 188 valence electrons. The van der Waals surface area contributed by atoms with Crippen LogP contribution in [0.3, 0.4) is 0 Å². The summed E-state index contributed by atoms with van der Waals surface area (Å²) in [5.41, 5.74) is 0.0273. The summed E-state index contributed by atoms with van der Waals surface area (Å²) >= 11 is 0. The molecule has 0 aromatic heterocycles. The van der Waals surface area contributed by atoms with Crippen LogP contribution < -0.4 is 20.1 Å². The molecule has 2 aromatic carbocycles. The molecule has 2 N–H and O–H groups in total. The first kappa shape index (κ1) is 24.8. The molecule has 6 nitrogen and oxygen atoms in total. The van der Waals surface area contributed by atoms with Crippen LogP contribution in [0.1, 0.15) is 41.1 Å². The van der Waals surface area contributed by atoms with E-state index >= 15 is 0 Å². The maximum absolute atomic E-state index is 12.9. The van der Waals surface area contributed by atoms with Gasteiger partial charge in [-0.3, -0.25) is 4.79 Å². The van der Waals surface area contributed by atoms with E-state index in [0.717, 1.165) is 43.7 Å². The Bertz CT molecular complexity index is 1100. The van der Waals surface area contributed by atoms with Crippen molar-refractivity contribution in [3.63, 3.8) is 0 Å². The Kier molecular flexibility index (Phi) is 6.67. The molecular formula is C23H20F6N2O4. The number of halogens is 6. The fourth-order valence-electron chi connectivity index (χ4n) is 3.63. The van der Waals surface area contributed by atoms with Crippen LogP contribution in [-0.4, -0.2) is 37.0 Å². The highest BCUT2D eigenvalue weighted by atomic mass is 19.4. The quantitative estimate of drug-likeness (QED) is 0.296. The van der Waals surface area contributed by atoms with Crippen LogP contribution in [0.25, 0.3) is 0 Å². The summed E-state index contributed by atoms with van der Waals surface area (Å²) in [7, 11) is 0. The third-order valence-corrected chi connectivity index (χ3v) is 5.62. The first-order valence-electron chi connectivity index (χ1n) is 10.7. The third kappa shape index (κ3) is 6.65. The van der Waals surface area contributed by atoms with E-state index in [1.807, 2.05) is 0 Å². The van der Waals surface area contributed by atoms with E-state index < -0.39 is 35.9 Å². The number of carbonyl (C=O) groups is 2. The summed E-state index contributed by atoms with van der Waals surface area (Å²) < 4.78 is 84.2. The molecule has 2 aromatic rings. The molecule has 0 aliphatic heterocycles. The third-order valence-electron chi connectivity index (χ3n) is 5.62. The lowest BCUT2D eigenvalue weighted by molar-refractivity contribution is -0.274. The Morgan fingerprint density at radius 1 is 0.971 bits per heavy atom. The first-order valence-corrected chi connectivity index (χ1v) is 10.7. The summed E-state index contributed by atoms with van der Waals surface area (Å²) in [6.07, 6.45) is -7.32. The van der Waals surface area contributed by atoms with E-state index in [0.29, 0.717) is 12.3 Å². The maximum Gasteiger partial charge on any atom is 0.573 e. The van der Waals surface area contributed by atoms with Crippen molar-refractivity contribution in [2.45, 2.75) is 43.8 Å². The topological polar surface area (TPSA) is 76.7 Å². The summed E-state index contributed by atoms with van der Waals surface area (Å²) in [5, 5.41) is 5.72. The molecule has 2 aliphatic carbocycles. The lowest BCUT2D eigenvalue weighted by Gasteiger charge is -2.16. The number of hydrogen-bond acceptors (Lipinski definition) is 5. The molecule has 2 saturated carbocycles. The van der Waals surface area contributed by atoms with Gasteiger partial charge in [-0.05, 0) is 62.1 Å². The van der Waals surface area contributed by atoms with Gasteiger partial charge in [-0.2, -0.15) is 13.2 Å². The smallest absolute Gasteiger partial charge is 0.419 e. The summed E-state index contributed by atoms with van der Waals surface area (Å²) in [4.78, 5) is 24.5. The number of esters is 1. The van der Waals surface area contributed by atoms with Crippen molar-refractivity contribution in [2.24, 2.45) is 5.92 Å². The minimum absolute atomic E-state index is 0.0153. The van der Waals surface area contributed by atoms with E-state index in [1.165, 1.54) is 18.2 Å². The van der Waals surface area contributed by atoms with Crippen molar-refractivity contribution in [2.75, 3.05) is 11.9 Å². The van der Waals surface area contributed by atoms with Crippen LogP contribution in [-0.2, 0) is 4.79 Å². The van der Waals surface area contributed by atoms with Crippen molar-refractivity contribution >= 4 is 17.6 Å². The molecule has 0 saturated heterocycles. The lowest BCUT2D eigenvalue weighted by atomic mass is 10.0. The van der Waals surface area contributed by atoms with Gasteiger partial charge in [0.2, 0.25) is 0 Å². The number of ether oxygens (including phenoxy) is 2. The van der Waals surface area contributed by atoms with Crippen LogP contribution in [0.4, 0.5) is 32.0 Å². The van der Waals surface area contributed by atoms with E-state index in [4.69, 9.17) is 0 Å². The van der Waals surface area contributed by atoms with E-state index in [2.05, 4.69) is 20.1 Å². The normalized spacial score (nSPS) is 19.7. The summed E-state index contributed by atoms with van der Waals surface area (Å²) in [6, 6.07) is 8.33. The lowest BCUT2D eigenvalue weighted by Crippen LogP contribution is -2.29. The number of amides is 1. The van der Waals surface area contributed by atoms with Crippen molar-refractivity contribution in [1.29, 1.82) is 0 Å². The van der Waals surface area contributed by atoms with Gasteiger partial charge in [0.1, 0.15) is 11.5 Å². The van der Waals surface area contributed by atoms with Crippen molar-refractivity contribution in [3.8, 4) is 11.5 Å². The molecular weight excluding hydrogens is 482 g/mol. The molecule has 0 bridgehead atoms. The number of rotatable bonds is 8. The molecule has 2 atom stereocenters. The maximum atomic E-state index is 12.9. The highest BCUT2D eigenvalue weighted by Gasteiger charge is 2.45. The monoisotopic (exact) mass is 502 g/mol. The Morgan fingerprint density at radius 2 is 1.66 bits per heavy atom. The predicted molar refractivity (Wildman–Crippen MR) is 111 cm³/mol. The number of nitrogens with one attached hydrogen (secondary N) is 2. The van der Waals surface area contributed by atoms with Crippen LogP contribution in [0.5, 0.6) is 11.5 Å². The second-order valence-electron chi connectivity index (χ2n) is 8.44. The zero-order valence-electron chi connectivity index (χ0n) is 18.0. The molecule has 4 rings (SSSR count). The Hall–Kier alpha value is -3.28. The van der Waals surface area contributed by atoms with Gasteiger partial charge in [0.05, 0.1) is 5.56 Å². The van der Waals surface area contributed by atoms with Crippen LogP contribution >= 0.6 is 0 Å². The molecule has 0 heterocycles. The Morgan fingerprint density at radius 3 is 2.26 bits per heavy atom. The first-order chi connectivity index (χ1) is 16.4. The number of carbonyl (C=O) groups excluding carboxylic acids is 2. The second kappa shape index (κ2) is 9.40. The minimum Gasteiger partial charge on any atom is -0.419 e. The van der Waals surface area contributed by atoms with Crippen molar-refractivity contribution < 1.29 is 45.4 Å². The number of benzene rings is 2. The largest absolute Gasteiger partial charge is 0.573 e. The fourth-order valence-corrected chi connectivity index (χ4v) is 3.63. The molecule has 0 spiro atoms. The zero-order valence-corrected chi connectivity index (χ0v) is 18.0. The van der Waals surface area contributed by atoms with Crippen molar-refractivity contribution in [3.05, 3.63) is 53.6 Å². The van der Waals surface area contributed by atoms with Crippen LogP contribution in [0.2, 0.25) is 0 Å². The molecule has 35 heavy (non-hydrogen) atoms. The van der Waals surface area contributed by atoms with Crippen molar-refractivity contribution in [1.82, 2.24) is 5.32 Å². The van der Waals surface area contributed by atoms with Crippen LogP contribution in [0.15, 0.2) is 42.5 Å². The SMILES string of the molecule is O=C(Nc1ccc(OC(F)(F)F)cc1)c1cccc(C2CC2NCC2CC2)c1OC(=O)C(F)(F)F. The molecule has 12 heteroatoms. The predicted octanol–water partition coefficient (Wildman–Crippen LogP) is 5.16. The second-order valence-corrected chi connectivity index (χ2v) is 8.44. The average molecular weight is 502 g/mol. The van der Waals surface area contributed by atoms with Gasteiger partial charge in [0.15, 0.2) is 0 Å². The van der Waals surface area contributed by atoms with Crippen LogP contribution in [0, 0.1) is 5.92 Å². The van der Waals surface area contributed by atoms with Gasteiger partial charge in [0, 0.05) is 23.2 Å². The molecule has 2 aliphatic rings. The Balaban J connectivity index is 1.54.